The molecule has 0 bridgehead atoms. The average Bonchev–Trinajstić information content (AvgIpc) is 2.51. The molecule has 0 radical (unpaired) electrons. The van der Waals surface area contributed by atoms with E-state index >= 15 is 0 Å². The minimum absolute atomic E-state index is 0.0190. The van der Waals surface area contributed by atoms with Crippen molar-refractivity contribution in [3.63, 3.8) is 0 Å². The van der Waals surface area contributed by atoms with Gasteiger partial charge in [-0.15, -0.1) is 0 Å². The SMILES string of the molecule is CN(CCCC(=O)O)C(=O)c1ccc2c(c1)CCCN2S(C)(=O)=O. The molecule has 0 atom stereocenters. The molecule has 0 unspecified atom stereocenters. The molecule has 1 heterocycles. The molecule has 0 fully saturated rings. The highest BCUT2D eigenvalue weighted by molar-refractivity contribution is 7.92. The number of rotatable bonds is 6. The van der Waals surface area contributed by atoms with Gasteiger partial charge in [0, 0.05) is 32.1 Å². The number of hydrogen-bond donors (Lipinski definition) is 1. The fraction of sp³-hybridized carbons (Fsp3) is 0.500. The molecule has 0 saturated heterocycles. The lowest BCUT2D eigenvalue weighted by atomic mass is 10.0. The maximum atomic E-state index is 12.4. The summed E-state index contributed by atoms with van der Waals surface area (Å²) in [7, 11) is -1.70. The zero-order chi connectivity index (χ0) is 17.9. The van der Waals surface area contributed by atoms with E-state index in [2.05, 4.69) is 0 Å². The molecule has 1 aliphatic heterocycles. The van der Waals surface area contributed by atoms with Crippen LogP contribution in [0.2, 0.25) is 0 Å². The van der Waals surface area contributed by atoms with Crippen LogP contribution in [0, 0.1) is 0 Å². The van der Waals surface area contributed by atoms with Gasteiger partial charge in [-0.05, 0) is 43.0 Å². The molecule has 1 N–H and O–H groups in total. The Balaban J connectivity index is 2.16. The second-order valence-electron chi connectivity index (χ2n) is 6.01. The van der Waals surface area contributed by atoms with Crippen molar-refractivity contribution in [3.05, 3.63) is 29.3 Å². The van der Waals surface area contributed by atoms with Crippen LogP contribution in [-0.4, -0.2) is 56.7 Å². The van der Waals surface area contributed by atoms with Gasteiger partial charge < -0.3 is 10.0 Å². The van der Waals surface area contributed by atoms with E-state index < -0.39 is 16.0 Å². The topological polar surface area (TPSA) is 95.0 Å². The van der Waals surface area contributed by atoms with Crippen molar-refractivity contribution in [2.24, 2.45) is 0 Å². The predicted molar refractivity (Wildman–Crippen MR) is 90.8 cm³/mol. The van der Waals surface area contributed by atoms with Gasteiger partial charge in [-0.1, -0.05) is 0 Å². The molecule has 8 heteroatoms. The third-order valence-electron chi connectivity index (χ3n) is 4.03. The number of nitrogens with zero attached hydrogens (tertiary/aromatic N) is 2. The molecule has 1 aliphatic rings. The van der Waals surface area contributed by atoms with Gasteiger partial charge in [0.15, 0.2) is 0 Å². The minimum atomic E-state index is -3.33. The number of aliphatic carboxylic acids is 1. The van der Waals surface area contributed by atoms with Crippen molar-refractivity contribution >= 4 is 27.6 Å². The normalized spacial score (nSPS) is 14.2. The molecular formula is C16H22N2O5S. The van der Waals surface area contributed by atoms with Crippen molar-refractivity contribution in [3.8, 4) is 0 Å². The molecule has 0 aliphatic carbocycles. The fourth-order valence-corrected chi connectivity index (χ4v) is 3.83. The van der Waals surface area contributed by atoms with Crippen molar-refractivity contribution < 1.29 is 23.1 Å². The number of carbonyl (C=O) groups is 2. The summed E-state index contributed by atoms with van der Waals surface area (Å²) in [6.07, 6.45) is 3.03. The van der Waals surface area contributed by atoms with Crippen LogP contribution in [0.1, 0.15) is 35.2 Å². The standard InChI is InChI=1S/C16H22N2O5S/c1-17(9-4-6-15(19)20)16(21)13-7-8-14-12(11-13)5-3-10-18(14)24(2,22)23/h7-8,11H,3-6,9-10H2,1-2H3,(H,19,20). The van der Waals surface area contributed by atoms with Crippen molar-refractivity contribution in [1.82, 2.24) is 4.90 Å². The van der Waals surface area contributed by atoms with E-state index in [1.807, 2.05) is 0 Å². The monoisotopic (exact) mass is 354 g/mol. The van der Waals surface area contributed by atoms with Crippen molar-refractivity contribution in [1.29, 1.82) is 0 Å². The Morgan fingerprint density at radius 2 is 2.04 bits per heavy atom. The highest BCUT2D eigenvalue weighted by atomic mass is 32.2. The van der Waals surface area contributed by atoms with Gasteiger partial charge in [0.2, 0.25) is 10.0 Å². The lowest BCUT2D eigenvalue weighted by molar-refractivity contribution is -0.137. The molecule has 0 spiro atoms. The van der Waals surface area contributed by atoms with Crippen LogP contribution < -0.4 is 4.31 Å². The summed E-state index contributed by atoms with van der Waals surface area (Å²) in [5.41, 5.74) is 1.97. The summed E-state index contributed by atoms with van der Waals surface area (Å²) >= 11 is 0. The average molecular weight is 354 g/mol. The quantitative estimate of drug-likeness (QED) is 0.832. The number of aryl methyl sites for hydroxylation is 1. The summed E-state index contributed by atoms with van der Waals surface area (Å²) < 4.78 is 25.1. The number of amides is 1. The highest BCUT2D eigenvalue weighted by Crippen LogP contribution is 2.30. The Labute approximate surface area is 141 Å². The smallest absolute Gasteiger partial charge is 0.303 e. The van der Waals surface area contributed by atoms with E-state index in [4.69, 9.17) is 5.11 Å². The number of benzene rings is 1. The van der Waals surface area contributed by atoms with E-state index in [-0.39, 0.29) is 12.3 Å². The predicted octanol–water partition coefficient (Wildman–Crippen LogP) is 1.34. The number of sulfonamides is 1. The van der Waals surface area contributed by atoms with Gasteiger partial charge in [-0.3, -0.25) is 13.9 Å². The first kappa shape index (κ1) is 18.3. The zero-order valence-electron chi connectivity index (χ0n) is 13.9. The summed E-state index contributed by atoms with van der Waals surface area (Å²) in [6.45, 7) is 0.811. The van der Waals surface area contributed by atoms with E-state index in [1.165, 1.54) is 15.5 Å². The van der Waals surface area contributed by atoms with Crippen molar-refractivity contribution in [2.45, 2.75) is 25.7 Å². The van der Waals surface area contributed by atoms with Crippen LogP contribution >= 0.6 is 0 Å². The van der Waals surface area contributed by atoms with Gasteiger partial charge in [-0.2, -0.15) is 0 Å². The molecular weight excluding hydrogens is 332 g/mol. The van der Waals surface area contributed by atoms with Gasteiger partial charge in [0.1, 0.15) is 0 Å². The van der Waals surface area contributed by atoms with Crippen LogP contribution in [0.3, 0.4) is 0 Å². The minimum Gasteiger partial charge on any atom is -0.481 e. The van der Waals surface area contributed by atoms with E-state index in [9.17, 15) is 18.0 Å². The number of anilines is 1. The molecule has 2 rings (SSSR count). The van der Waals surface area contributed by atoms with Crippen LogP contribution in [0.5, 0.6) is 0 Å². The van der Waals surface area contributed by atoms with Crippen LogP contribution in [0.15, 0.2) is 18.2 Å². The summed E-state index contributed by atoms with van der Waals surface area (Å²) in [4.78, 5) is 24.5. The van der Waals surface area contributed by atoms with Crippen molar-refractivity contribution in [2.75, 3.05) is 30.7 Å². The largest absolute Gasteiger partial charge is 0.481 e. The summed E-state index contributed by atoms with van der Waals surface area (Å²) in [5, 5.41) is 8.65. The number of hydrogen-bond acceptors (Lipinski definition) is 4. The first-order chi connectivity index (χ1) is 11.2. The Kier molecular flexibility index (Phi) is 5.48. The second kappa shape index (κ2) is 7.21. The molecule has 7 nitrogen and oxygen atoms in total. The molecule has 132 valence electrons. The van der Waals surface area contributed by atoms with E-state index in [0.29, 0.717) is 37.2 Å². The fourth-order valence-electron chi connectivity index (χ4n) is 2.83. The molecule has 24 heavy (non-hydrogen) atoms. The number of carboxylic acids is 1. The van der Waals surface area contributed by atoms with Crippen LogP contribution in [-0.2, 0) is 21.2 Å². The Bertz CT molecular complexity index is 745. The molecule has 1 aromatic rings. The number of fused-ring (bicyclic) bond motifs is 1. The summed E-state index contributed by atoms with van der Waals surface area (Å²) in [5.74, 6) is -1.08. The summed E-state index contributed by atoms with van der Waals surface area (Å²) in [6, 6.07) is 5.04. The number of carboxylic acid groups (broad SMARTS) is 1. The number of carbonyl (C=O) groups excluding carboxylic acids is 1. The molecule has 1 amide bonds. The molecule has 1 aromatic carbocycles. The van der Waals surface area contributed by atoms with Gasteiger partial charge >= 0.3 is 5.97 Å². The Morgan fingerprint density at radius 1 is 1.33 bits per heavy atom. The van der Waals surface area contributed by atoms with E-state index in [0.717, 1.165) is 12.0 Å². The van der Waals surface area contributed by atoms with E-state index in [1.54, 1.807) is 25.2 Å². The zero-order valence-corrected chi connectivity index (χ0v) is 14.7. The van der Waals surface area contributed by atoms with Gasteiger partial charge in [0.25, 0.3) is 5.91 Å². The molecule has 0 saturated carbocycles. The third-order valence-corrected chi connectivity index (χ3v) is 5.21. The first-order valence-electron chi connectivity index (χ1n) is 7.78. The maximum absolute atomic E-state index is 12.4. The lowest BCUT2D eigenvalue weighted by Crippen LogP contribution is -2.35. The van der Waals surface area contributed by atoms with Crippen LogP contribution in [0.4, 0.5) is 5.69 Å². The first-order valence-corrected chi connectivity index (χ1v) is 9.63. The second-order valence-corrected chi connectivity index (χ2v) is 7.91. The maximum Gasteiger partial charge on any atom is 0.303 e. The Hall–Kier alpha value is -2.09. The van der Waals surface area contributed by atoms with Gasteiger partial charge in [-0.25, -0.2) is 8.42 Å². The lowest BCUT2D eigenvalue weighted by Gasteiger charge is -2.29. The molecule has 0 aromatic heterocycles. The van der Waals surface area contributed by atoms with Crippen LogP contribution in [0.25, 0.3) is 0 Å². The highest BCUT2D eigenvalue weighted by Gasteiger charge is 2.25. The Morgan fingerprint density at radius 3 is 2.67 bits per heavy atom. The van der Waals surface area contributed by atoms with Gasteiger partial charge in [0.05, 0.1) is 11.9 Å². The third kappa shape index (κ3) is 4.25.